The number of amides is 2. The van der Waals surface area contributed by atoms with E-state index in [1.165, 1.54) is 35.9 Å². The van der Waals surface area contributed by atoms with Gasteiger partial charge >= 0.3 is 0 Å². The van der Waals surface area contributed by atoms with Gasteiger partial charge in [0.2, 0.25) is 5.91 Å². The Labute approximate surface area is 204 Å². The lowest BCUT2D eigenvalue weighted by molar-refractivity contribution is -0.127. The lowest BCUT2D eigenvalue weighted by Gasteiger charge is -2.33. The largest absolute Gasteiger partial charge is 0.482 e. The molecular weight excluding hydrogens is 453 g/mol. The number of hydrogen-bond donors (Lipinski definition) is 1. The molecule has 4 rings (SSSR count). The molecule has 1 saturated heterocycles. The summed E-state index contributed by atoms with van der Waals surface area (Å²) in [4.78, 5) is 42.0. The van der Waals surface area contributed by atoms with Crippen LogP contribution in [0.5, 0.6) is 11.5 Å². The van der Waals surface area contributed by atoms with Gasteiger partial charge in [0.05, 0.1) is 5.69 Å². The second-order valence-electron chi connectivity index (χ2n) is 8.90. The maximum Gasteiger partial charge on any atom is 0.265 e. The molecule has 1 N–H and O–H groups in total. The van der Waals surface area contributed by atoms with Crippen molar-refractivity contribution in [3.63, 3.8) is 0 Å². The first kappa shape index (κ1) is 24.7. The summed E-state index contributed by atoms with van der Waals surface area (Å²) in [5.74, 6) is -1.19. The summed E-state index contributed by atoms with van der Waals surface area (Å²) in [7, 11) is 0. The predicted octanol–water partition coefficient (Wildman–Crippen LogP) is 2.72. The Morgan fingerprint density at radius 1 is 1.17 bits per heavy atom. The predicted molar refractivity (Wildman–Crippen MR) is 129 cm³/mol. The van der Waals surface area contributed by atoms with Gasteiger partial charge in [0.15, 0.2) is 30.6 Å². The van der Waals surface area contributed by atoms with E-state index in [0.717, 1.165) is 25.2 Å². The number of carbonyl (C=O) groups excluding carboxylic acids is 3. The highest BCUT2D eigenvalue weighted by molar-refractivity contribution is 6.05. The summed E-state index contributed by atoms with van der Waals surface area (Å²) < 4.78 is 24.9. The van der Waals surface area contributed by atoms with Crippen molar-refractivity contribution in [1.82, 2.24) is 10.2 Å². The lowest BCUT2D eigenvalue weighted by atomic mass is 10.1. The van der Waals surface area contributed by atoms with Gasteiger partial charge in [-0.2, -0.15) is 0 Å². The zero-order chi connectivity index (χ0) is 24.9. The third-order valence-electron chi connectivity index (χ3n) is 6.30. The van der Waals surface area contributed by atoms with E-state index in [0.29, 0.717) is 18.0 Å². The standard InChI is InChI=1S/C26H30FN3O5/c1-17-5-7-20(27)24(13-17)34-15-22(31)19-6-8-23-21(14-19)30(25(32)16-35-23)18(2)26(33)28-9-12-29-10-3-4-11-29/h5-8,13-14,18H,3-4,9-12,15-16H2,1-2H3,(H,28,33). The molecule has 0 radical (unpaired) electrons. The van der Waals surface area contributed by atoms with Crippen LogP contribution in [0.1, 0.15) is 35.7 Å². The van der Waals surface area contributed by atoms with Crippen LogP contribution >= 0.6 is 0 Å². The molecule has 1 fully saturated rings. The van der Waals surface area contributed by atoms with Crippen molar-refractivity contribution >= 4 is 23.3 Å². The zero-order valence-electron chi connectivity index (χ0n) is 20.0. The number of nitrogens with zero attached hydrogens (tertiary/aromatic N) is 2. The SMILES string of the molecule is Cc1ccc(F)c(OCC(=O)c2ccc3c(c2)N(C(C)C(=O)NCCN2CCCC2)C(=O)CO3)c1. The summed E-state index contributed by atoms with van der Waals surface area (Å²) in [6, 6.07) is 8.30. The Morgan fingerprint density at radius 3 is 2.71 bits per heavy atom. The average Bonchev–Trinajstić information content (AvgIpc) is 3.37. The molecule has 0 saturated carbocycles. The molecule has 9 heteroatoms. The van der Waals surface area contributed by atoms with Gasteiger partial charge in [-0.1, -0.05) is 6.07 Å². The molecule has 35 heavy (non-hydrogen) atoms. The summed E-state index contributed by atoms with van der Waals surface area (Å²) in [6.07, 6.45) is 2.35. The second-order valence-corrected chi connectivity index (χ2v) is 8.90. The molecule has 2 amide bonds. The Hall–Kier alpha value is -3.46. The van der Waals surface area contributed by atoms with Gasteiger partial charge in [-0.15, -0.1) is 0 Å². The number of ketones is 1. The van der Waals surface area contributed by atoms with Crippen LogP contribution < -0.4 is 19.7 Å². The van der Waals surface area contributed by atoms with Crippen LogP contribution in [0.2, 0.25) is 0 Å². The fourth-order valence-corrected chi connectivity index (χ4v) is 4.33. The number of Topliss-reactive ketones (excluding diaryl/α,β-unsaturated/α-hetero) is 1. The number of fused-ring (bicyclic) bond motifs is 1. The van der Waals surface area contributed by atoms with E-state index in [-0.39, 0.29) is 36.3 Å². The molecule has 8 nitrogen and oxygen atoms in total. The molecule has 1 unspecified atom stereocenters. The smallest absolute Gasteiger partial charge is 0.265 e. The van der Waals surface area contributed by atoms with Crippen molar-refractivity contribution in [2.75, 3.05) is 44.3 Å². The minimum atomic E-state index is -0.785. The number of carbonyl (C=O) groups is 3. The molecule has 186 valence electrons. The second kappa shape index (κ2) is 10.9. The van der Waals surface area contributed by atoms with Crippen LogP contribution in [-0.2, 0) is 9.59 Å². The Bertz CT molecular complexity index is 1120. The van der Waals surface area contributed by atoms with Gasteiger partial charge < -0.3 is 19.7 Å². The van der Waals surface area contributed by atoms with Crippen LogP contribution in [0.4, 0.5) is 10.1 Å². The van der Waals surface area contributed by atoms with Crippen LogP contribution in [0, 0.1) is 12.7 Å². The van der Waals surface area contributed by atoms with Crippen LogP contribution in [0.3, 0.4) is 0 Å². The number of benzene rings is 2. The summed E-state index contributed by atoms with van der Waals surface area (Å²) in [6.45, 7) is 6.23. The number of halogens is 1. The van der Waals surface area contributed by atoms with Crippen molar-refractivity contribution < 1.29 is 28.2 Å². The van der Waals surface area contributed by atoms with Crippen molar-refractivity contribution in [1.29, 1.82) is 0 Å². The number of likely N-dealkylation sites (tertiary alicyclic amines) is 1. The topological polar surface area (TPSA) is 88.2 Å². The van der Waals surface area contributed by atoms with Crippen LogP contribution in [0.25, 0.3) is 0 Å². The minimum absolute atomic E-state index is 0.00401. The van der Waals surface area contributed by atoms with Crippen LogP contribution in [-0.4, -0.2) is 67.9 Å². The highest BCUT2D eigenvalue weighted by atomic mass is 19.1. The van der Waals surface area contributed by atoms with Gasteiger partial charge in [0.25, 0.3) is 5.91 Å². The lowest BCUT2D eigenvalue weighted by Crippen LogP contribution is -2.52. The Kier molecular flexibility index (Phi) is 7.65. The van der Waals surface area contributed by atoms with E-state index in [2.05, 4.69) is 10.2 Å². The van der Waals surface area contributed by atoms with Crippen molar-refractivity contribution in [3.8, 4) is 11.5 Å². The minimum Gasteiger partial charge on any atom is -0.482 e. The van der Waals surface area contributed by atoms with Gasteiger partial charge in [-0.25, -0.2) is 4.39 Å². The maximum absolute atomic E-state index is 13.9. The third kappa shape index (κ3) is 5.79. The van der Waals surface area contributed by atoms with Crippen molar-refractivity contribution in [2.45, 2.75) is 32.7 Å². The number of aryl methyl sites for hydroxylation is 1. The zero-order valence-corrected chi connectivity index (χ0v) is 20.0. The van der Waals surface area contributed by atoms with E-state index in [9.17, 15) is 18.8 Å². The highest BCUT2D eigenvalue weighted by Gasteiger charge is 2.33. The normalized spacial score (nSPS) is 16.4. The van der Waals surface area contributed by atoms with E-state index in [1.54, 1.807) is 32.0 Å². The van der Waals surface area contributed by atoms with Gasteiger partial charge in [0.1, 0.15) is 11.8 Å². The van der Waals surface area contributed by atoms with Crippen molar-refractivity contribution in [3.05, 3.63) is 53.3 Å². The monoisotopic (exact) mass is 483 g/mol. The van der Waals surface area contributed by atoms with Gasteiger partial charge in [0, 0.05) is 18.7 Å². The Balaban J connectivity index is 1.44. The first-order valence-corrected chi connectivity index (χ1v) is 11.8. The van der Waals surface area contributed by atoms with E-state index in [1.807, 2.05) is 0 Å². The maximum atomic E-state index is 13.9. The Morgan fingerprint density at radius 2 is 1.94 bits per heavy atom. The molecular formula is C26H30FN3O5. The quantitative estimate of drug-likeness (QED) is 0.552. The van der Waals surface area contributed by atoms with E-state index in [4.69, 9.17) is 9.47 Å². The molecule has 0 aromatic heterocycles. The summed E-state index contributed by atoms with van der Waals surface area (Å²) >= 11 is 0. The number of rotatable bonds is 9. The molecule has 2 aromatic carbocycles. The van der Waals surface area contributed by atoms with E-state index >= 15 is 0 Å². The molecule has 2 aliphatic rings. The average molecular weight is 484 g/mol. The van der Waals surface area contributed by atoms with Crippen molar-refractivity contribution in [2.24, 2.45) is 0 Å². The first-order valence-electron chi connectivity index (χ1n) is 11.8. The fourth-order valence-electron chi connectivity index (χ4n) is 4.33. The molecule has 2 heterocycles. The van der Waals surface area contributed by atoms with E-state index < -0.39 is 17.6 Å². The fraction of sp³-hybridized carbons (Fsp3) is 0.423. The molecule has 1 atom stereocenters. The molecule has 0 spiro atoms. The third-order valence-corrected chi connectivity index (χ3v) is 6.30. The number of anilines is 1. The van der Waals surface area contributed by atoms with Gasteiger partial charge in [-0.3, -0.25) is 19.3 Å². The summed E-state index contributed by atoms with van der Waals surface area (Å²) in [5, 5.41) is 2.91. The number of ether oxygens (including phenoxy) is 2. The van der Waals surface area contributed by atoms with Gasteiger partial charge in [-0.05, 0) is 75.7 Å². The van der Waals surface area contributed by atoms with Crippen LogP contribution in [0.15, 0.2) is 36.4 Å². The number of nitrogens with one attached hydrogen (secondary N) is 1. The molecule has 0 bridgehead atoms. The molecule has 0 aliphatic carbocycles. The molecule has 2 aromatic rings. The first-order chi connectivity index (χ1) is 16.8. The summed E-state index contributed by atoms with van der Waals surface area (Å²) in [5.41, 5.74) is 1.42. The molecule has 2 aliphatic heterocycles. The highest BCUT2D eigenvalue weighted by Crippen LogP contribution is 2.34. The number of hydrogen-bond acceptors (Lipinski definition) is 6.